The molecule has 0 unspecified atom stereocenters. The zero-order valence-electron chi connectivity index (χ0n) is 11.3. The Morgan fingerprint density at radius 1 is 1.29 bits per heavy atom. The van der Waals surface area contributed by atoms with Crippen molar-refractivity contribution in [1.82, 2.24) is 0 Å². The number of rotatable bonds is 6. The van der Waals surface area contributed by atoms with E-state index >= 15 is 0 Å². The highest BCUT2D eigenvalue weighted by atomic mass is 16.5. The smallest absolute Gasteiger partial charge is 0.119 e. The van der Waals surface area contributed by atoms with Gasteiger partial charge in [-0.15, -0.1) is 0 Å². The first-order valence-electron chi connectivity index (χ1n) is 6.27. The van der Waals surface area contributed by atoms with Crippen molar-refractivity contribution in [3.63, 3.8) is 0 Å². The first kappa shape index (κ1) is 14.0. The monoisotopic (exact) mass is 235 g/mol. The maximum absolute atomic E-state index is 9.20. The predicted molar refractivity (Wildman–Crippen MR) is 71.3 cm³/mol. The van der Waals surface area contributed by atoms with Gasteiger partial charge in [-0.1, -0.05) is 26.8 Å². The maximum atomic E-state index is 9.20. The van der Waals surface area contributed by atoms with Gasteiger partial charge in [-0.2, -0.15) is 0 Å². The lowest BCUT2D eigenvalue weighted by Crippen LogP contribution is -2.04. The van der Waals surface area contributed by atoms with Crippen molar-refractivity contribution in [2.45, 2.75) is 34.1 Å². The molecule has 0 aromatic heterocycles. The van der Waals surface area contributed by atoms with Crippen LogP contribution in [0.5, 0.6) is 5.75 Å². The van der Waals surface area contributed by atoms with Gasteiger partial charge in [0.1, 0.15) is 5.75 Å². The van der Waals surface area contributed by atoms with Crippen LogP contribution in [0.1, 0.15) is 38.8 Å². The Balaban J connectivity index is 3.00. The van der Waals surface area contributed by atoms with Crippen LogP contribution >= 0.6 is 0 Å². The summed E-state index contributed by atoms with van der Waals surface area (Å²) in [6.45, 7) is 9.10. The van der Waals surface area contributed by atoms with E-state index in [2.05, 4.69) is 26.0 Å². The second-order valence-corrected chi connectivity index (χ2v) is 4.84. The number of hydrogen-bond acceptors (Lipinski definition) is 2. The molecule has 1 aromatic rings. The van der Waals surface area contributed by atoms with Crippen LogP contribution in [-0.4, -0.2) is 18.3 Å². The van der Waals surface area contributed by atoms with Crippen LogP contribution in [0.25, 0.3) is 0 Å². The Bertz CT molecular complexity index is 345. The average molecular weight is 235 g/mol. The molecule has 0 saturated carbocycles. The highest BCUT2D eigenvalue weighted by molar-refractivity contribution is 5.41. The van der Waals surface area contributed by atoms with E-state index < -0.39 is 0 Å². The molecule has 0 aliphatic carbocycles. The maximum Gasteiger partial charge on any atom is 0.119 e. The molecule has 0 atom stereocenters. The van der Waals surface area contributed by atoms with Gasteiger partial charge in [0.2, 0.25) is 0 Å². The summed E-state index contributed by atoms with van der Waals surface area (Å²) >= 11 is 0. The van der Waals surface area contributed by atoms with Crippen molar-refractivity contribution >= 4 is 0 Å². The third-order valence-electron chi connectivity index (χ3n) is 2.65. The van der Waals surface area contributed by atoms with Gasteiger partial charge in [0.25, 0.3) is 0 Å². The van der Waals surface area contributed by atoms with E-state index in [1.54, 1.807) is 0 Å². The molecule has 0 bridgehead atoms. The molecule has 2 nitrogen and oxygen atoms in total. The fourth-order valence-corrected chi connectivity index (χ4v) is 1.84. The SMILES string of the molecule is CCOc1cc(CC(C)C)cc([C](C)CO)c1. The van der Waals surface area contributed by atoms with Crippen molar-refractivity contribution in [2.75, 3.05) is 13.2 Å². The van der Waals surface area contributed by atoms with Gasteiger partial charge in [-0.05, 0) is 42.5 Å². The Hall–Kier alpha value is -1.02. The third-order valence-corrected chi connectivity index (χ3v) is 2.65. The van der Waals surface area contributed by atoms with E-state index in [1.165, 1.54) is 5.56 Å². The molecular weight excluding hydrogens is 212 g/mol. The third kappa shape index (κ3) is 4.39. The number of aliphatic hydroxyl groups excluding tert-OH is 1. The highest BCUT2D eigenvalue weighted by Gasteiger charge is 2.09. The van der Waals surface area contributed by atoms with Gasteiger partial charge in [0.15, 0.2) is 0 Å². The van der Waals surface area contributed by atoms with Gasteiger partial charge >= 0.3 is 0 Å². The standard InChI is InChI=1S/C15H23O2/c1-5-17-15-8-13(6-11(2)3)7-14(9-15)12(4)10-16/h7-9,11,16H,5-6,10H2,1-4H3. The topological polar surface area (TPSA) is 29.5 Å². The number of benzene rings is 1. The molecule has 1 aromatic carbocycles. The predicted octanol–water partition coefficient (Wildman–Crippen LogP) is 3.22. The molecule has 0 saturated heterocycles. The second kappa shape index (κ2) is 6.65. The van der Waals surface area contributed by atoms with Crippen molar-refractivity contribution in [2.24, 2.45) is 5.92 Å². The van der Waals surface area contributed by atoms with Gasteiger partial charge in [-0.25, -0.2) is 0 Å². The Morgan fingerprint density at radius 2 is 2.00 bits per heavy atom. The molecule has 0 amide bonds. The largest absolute Gasteiger partial charge is 0.494 e. The molecule has 95 valence electrons. The van der Waals surface area contributed by atoms with E-state index in [1.807, 2.05) is 19.9 Å². The lowest BCUT2D eigenvalue weighted by Gasteiger charge is -2.14. The van der Waals surface area contributed by atoms with Crippen molar-refractivity contribution in [3.8, 4) is 5.75 Å². The Morgan fingerprint density at radius 3 is 2.53 bits per heavy atom. The minimum atomic E-state index is 0.0939. The fraction of sp³-hybridized carbons (Fsp3) is 0.533. The molecule has 1 rings (SSSR count). The normalized spacial score (nSPS) is 11.2. The van der Waals surface area contributed by atoms with Crippen molar-refractivity contribution in [3.05, 3.63) is 35.2 Å². The lowest BCUT2D eigenvalue weighted by molar-refractivity contribution is 0.314. The quantitative estimate of drug-likeness (QED) is 0.820. The molecule has 0 aliphatic rings. The zero-order chi connectivity index (χ0) is 12.8. The summed E-state index contributed by atoms with van der Waals surface area (Å²) in [6.07, 6.45) is 1.03. The Kier molecular flexibility index (Phi) is 5.49. The molecule has 1 N–H and O–H groups in total. The number of hydrogen-bond donors (Lipinski definition) is 1. The van der Waals surface area contributed by atoms with Gasteiger partial charge in [-0.3, -0.25) is 0 Å². The second-order valence-electron chi connectivity index (χ2n) is 4.84. The lowest BCUT2D eigenvalue weighted by atomic mass is 9.95. The van der Waals surface area contributed by atoms with Crippen LogP contribution in [0.2, 0.25) is 0 Å². The van der Waals surface area contributed by atoms with Gasteiger partial charge in [0.05, 0.1) is 13.2 Å². The van der Waals surface area contributed by atoms with Crippen molar-refractivity contribution < 1.29 is 9.84 Å². The fourth-order valence-electron chi connectivity index (χ4n) is 1.84. The number of ether oxygens (including phenoxy) is 1. The summed E-state index contributed by atoms with van der Waals surface area (Å²) in [5.74, 6) is 2.50. The zero-order valence-corrected chi connectivity index (χ0v) is 11.3. The molecule has 0 aliphatic heterocycles. The molecule has 1 radical (unpaired) electrons. The number of aliphatic hydroxyl groups is 1. The van der Waals surface area contributed by atoms with E-state index in [-0.39, 0.29) is 6.61 Å². The summed E-state index contributed by atoms with van der Waals surface area (Å²) in [5, 5.41) is 9.20. The molecule has 2 heteroatoms. The molecule has 17 heavy (non-hydrogen) atoms. The van der Waals surface area contributed by atoms with Crippen LogP contribution in [0.4, 0.5) is 0 Å². The summed E-state index contributed by atoms with van der Waals surface area (Å²) in [5.41, 5.74) is 2.35. The van der Waals surface area contributed by atoms with Crippen LogP contribution in [-0.2, 0) is 6.42 Å². The molecule has 0 spiro atoms. The van der Waals surface area contributed by atoms with E-state index in [0.717, 1.165) is 23.7 Å². The van der Waals surface area contributed by atoms with E-state index in [4.69, 9.17) is 4.74 Å². The average Bonchev–Trinajstić information content (AvgIpc) is 2.27. The molecular formula is C15H23O2. The van der Waals surface area contributed by atoms with E-state index in [9.17, 15) is 5.11 Å². The molecule has 0 fully saturated rings. The van der Waals surface area contributed by atoms with Crippen LogP contribution in [0.15, 0.2) is 18.2 Å². The van der Waals surface area contributed by atoms with Crippen LogP contribution in [0.3, 0.4) is 0 Å². The Labute approximate surface area is 105 Å². The minimum absolute atomic E-state index is 0.0939. The highest BCUT2D eigenvalue weighted by Crippen LogP contribution is 2.24. The summed E-state index contributed by atoms with van der Waals surface area (Å²) in [4.78, 5) is 0. The molecule has 0 heterocycles. The van der Waals surface area contributed by atoms with Crippen LogP contribution < -0.4 is 4.74 Å². The minimum Gasteiger partial charge on any atom is -0.494 e. The van der Waals surface area contributed by atoms with Gasteiger partial charge in [0, 0.05) is 5.92 Å². The summed E-state index contributed by atoms with van der Waals surface area (Å²) < 4.78 is 5.57. The van der Waals surface area contributed by atoms with Crippen LogP contribution in [0, 0.1) is 11.8 Å². The summed E-state index contributed by atoms with van der Waals surface area (Å²) in [6, 6.07) is 6.24. The first-order chi connectivity index (χ1) is 8.06. The van der Waals surface area contributed by atoms with E-state index in [0.29, 0.717) is 12.5 Å². The van der Waals surface area contributed by atoms with Gasteiger partial charge < -0.3 is 9.84 Å². The first-order valence-corrected chi connectivity index (χ1v) is 6.27. The summed E-state index contributed by atoms with van der Waals surface area (Å²) in [7, 11) is 0. The van der Waals surface area contributed by atoms with Crippen molar-refractivity contribution in [1.29, 1.82) is 0 Å².